The van der Waals surface area contributed by atoms with E-state index in [-0.39, 0.29) is 11.4 Å². The van der Waals surface area contributed by atoms with E-state index in [0.717, 1.165) is 5.56 Å². The summed E-state index contributed by atoms with van der Waals surface area (Å²) >= 11 is 0. The van der Waals surface area contributed by atoms with Crippen molar-refractivity contribution in [3.8, 4) is 5.75 Å². The largest absolute Gasteiger partial charge is 0.496 e. The molecule has 0 bridgehead atoms. The van der Waals surface area contributed by atoms with E-state index in [2.05, 4.69) is 30.3 Å². The zero-order chi connectivity index (χ0) is 21.6. The maximum atomic E-state index is 12.7. The molecule has 0 unspecified atom stereocenters. The second kappa shape index (κ2) is 9.51. The van der Waals surface area contributed by atoms with Gasteiger partial charge in [0.15, 0.2) is 0 Å². The van der Waals surface area contributed by atoms with Crippen LogP contribution in [0.2, 0.25) is 0 Å². The number of ether oxygens (including phenoxy) is 1. The summed E-state index contributed by atoms with van der Waals surface area (Å²) in [4.78, 5) is 12.7. The first kappa shape index (κ1) is 21.5. The van der Waals surface area contributed by atoms with Crippen molar-refractivity contribution in [2.24, 2.45) is 0 Å². The Balaban J connectivity index is 1.57. The van der Waals surface area contributed by atoms with Gasteiger partial charge in [-0.15, -0.1) is 0 Å². The quantitative estimate of drug-likeness (QED) is 0.445. The molecule has 0 saturated carbocycles. The molecule has 0 aliphatic heterocycles. The van der Waals surface area contributed by atoms with Gasteiger partial charge in [-0.25, -0.2) is 28.1 Å². The maximum Gasteiger partial charge on any atom is 0.240 e. The van der Waals surface area contributed by atoms with Crippen LogP contribution in [0.1, 0.15) is 11.1 Å². The van der Waals surface area contributed by atoms with Crippen molar-refractivity contribution in [2.45, 2.75) is 18.7 Å². The maximum absolute atomic E-state index is 12.7. The Morgan fingerprint density at radius 3 is 2.47 bits per heavy atom. The van der Waals surface area contributed by atoms with Gasteiger partial charge in [0.05, 0.1) is 12.0 Å². The summed E-state index contributed by atoms with van der Waals surface area (Å²) in [5, 5.41) is 6.16. The Labute approximate surface area is 176 Å². The molecule has 2 aromatic heterocycles. The van der Waals surface area contributed by atoms with Gasteiger partial charge >= 0.3 is 0 Å². The van der Waals surface area contributed by atoms with E-state index < -0.39 is 10.0 Å². The summed E-state index contributed by atoms with van der Waals surface area (Å²) in [6.45, 7) is 4.15. The Morgan fingerprint density at radius 2 is 1.73 bits per heavy atom. The standard InChI is InChI=1S/C20H24N6O3S/c1-14-15(2)17(8-7-16(14)29-3)30(27,28)25-11-10-22-19-12-20(24-13-23-19)26-18-6-4-5-9-21-18/h4-9,12-13,25H,10-11H2,1-3H3,(H2,21,22,23,24,26). The highest BCUT2D eigenvalue weighted by molar-refractivity contribution is 7.89. The SMILES string of the molecule is COc1ccc(S(=O)(=O)NCCNc2cc(Nc3ccccn3)ncn2)c(C)c1C. The minimum Gasteiger partial charge on any atom is -0.496 e. The highest BCUT2D eigenvalue weighted by atomic mass is 32.2. The molecule has 3 N–H and O–H groups in total. The van der Waals surface area contributed by atoms with Gasteiger partial charge in [-0.1, -0.05) is 6.07 Å². The number of nitrogens with zero attached hydrogens (tertiary/aromatic N) is 3. The van der Waals surface area contributed by atoms with Crippen molar-refractivity contribution in [2.75, 3.05) is 30.8 Å². The second-order valence-electron chi connectivity index (χ2n) is 6.47. The van der Waals surface area contributed by atoms with Gasteiger partial charge in [0.1, 0.15) is 29.5 Å². The third kappa shape index (κ3) is 5.22. The molecule has 0 aliphatic carbocycles. The first-order valence-electron chi connectivity index (χ1n) is 9.28. The van der Waals surface area contributed by atoms with Crippen LogP contribution < -0.4 is 20.1 Å². The zero-order valence-corrected chi connectivity index (χ0v) is 17.8. The van der Waals surface area contributed by atoms with Gasteiger partial charge in [0, 0.05) is 25.4 Å². The Morgan fingerprint density at radius 1 is 0.933 bits per heavy atom. The van der Waals surface area contributed by atoms with E-state index in [1.807, 2.05) is 25.1 Å². The van der Waals surface area contributed by atoms with E-state index in [0.29, 0.717) is 35.3 Å². The number of sulfonamides is 1. The number of hydrogen-bond acceptors (Lipinski definition) is 8. The van der Waals surface area contributed by atoms with Crippen molar-refractivity contribution in [1.82, 2.24) is 19.7 Å². The number of anilines is 3. The fourth-order valence-electron chi connectivity index (χ4n) is 2.83. The minimum atomic E-state index is -3.64. The third-order valence-corrected chi connectivity index (χ3v) is 6.11. The zero-order valence-electron chi connectivity index (χ0n) is 17.0. The molecule has 0 radical (unpaired) electrons. The fourth-order valence-corrected chi connectivity index (χ4v) is 4.16. The van der Waals surface area contributed by atoms with Crippen LogP contribution in [-0.4, -0.2) is 43.6 Å². The van der Waals surface area contributed by atoms with Gasteiger partial charge < -0.3 is 15.4 Å². The van der Waals surface area contributed by atoms with Crippen molar-refractivity contribution in [3.05, 3.63) is 60.0 Å². The van der Waals surface area contributed by atoms with Crippen molar-refractivity contribution >= 4 is 27.5 Å². The molecule has 0 aliphatic rings. The van der Waals surface area contributed by atoms with Crippen LogP contribution in [0.5, 0.6) is 5.75 Å². The van der Waals surface area contributed by atoms with Crippen molar-refractivity contribution < 1.29 is 13.2 Å². The average molecular weight is 429 g/mol. The number of pyridine rings is 1. The molecular formula is C20H24N6O3S. The molecular weight excluding hydrogens is 404 g/mol. The van der Waals surface area contributed by atoms with E-state index in [9.17, 15) is 8.42 Å². The molecule has 158 valence electrons. The predicted molar refractivity (Wildman–Crippen MR) is 116 cm³/mol. The third-order valence-electron chi connectivity index (χ3n) is 4.51. The summed E-state index contributed by atoms with van der Waals surface area (Å²) in [6, 6.07) is 10.5. The number of hydrogen-bond donors (Lipinski definition) is 3. The Bertz CT molecular complexity index is 1110. The topological polar surface area (TPSA) is 118 Å². The van der Waals surface area contributed by atoms with Crippen LogP contribution in [0, 0.1) is 13.8 Å². The smallest absolute Gasteiger partial charge is 0.240 e. The lowest BCUT2D eigenvalue weighted by atomic mass is 10.1. The molecule has 0 saturated heterocycles. The molecule has 2 heterocycles. The van der Waals surface area contributed by atoms with Crippen molar-refractivity contribution in [1.29, 1.82) is 0 Å². The Kier molecular flexibility index (Phi) is 6.80. The predicted octanol–water partition coefficient (Wildman–Crippen LogP) is 2.63. The van der Waals surface area contributed by atoms with Crippen LogP contribution in [0.3, 0.4) is 0 Å². The average Bonchev–Trinajstić information content (AvgIpc) is 2.74. The van der Waals surface area contributed by atoms with Crippen LogP contribution >= 0.6 is 0 Å². The number of nitrogens with one attached hydrogen (secondary N) is 3. The van der Waals surface area contributed by atoms with E-state index >= 15 is 0 Å². The van der Waals surface area contributed by atoms with E-state index in [4.69, 9.17) is 4.74 Å². The monoisotopic (exact) mass is 428 g/mol. The lowest BCUT2D eigenvalue weighted by Crippen LogP contribution is -2.29. The molecule has 0 amide bonds. The van der Waals surface area contributed by atoms with Gasteiger partial charge in [0.25, 0.3) is 0 Å². The lowest BCUT2D eigenvalue weighted by molar-refractivity contribution is 0.410. The molecule has 30 heavy (non-hydrogen) atoms. The summed E-state index contributed by atoms with van der Waals surface area (Å²) in [6.07, 6.45) is 3.10. The fraction of sp³-hybridized carbons (Fsp3) is 0.250. The lowest BCUT2D eigenvalue weighted by Gasteiger charge is -2.14. The molecule has 10 heteroatoms. The molecule has 0 fully saturated rings. The summed E-state index contributed by atoms with van der Waals surface area (Å²) in [5.74, 6) is 2.47. The summed E-state index contributed by atoms with van der Waals surface area (Å²) < 4.78 is 33.1. The molecule has 9 nitrogen and oxygen atoms in total. The van der Waals surface area contributed by atoms with Gasteiger partial charge in [-0.3, -0.25) is 0 Å². The summed E-state index contributed by atoms with van der Waals surface area (Å²) in [7, 11) is -2.08. The van der Waals surface area contributed by atoms with Gasteiger partial charge in [-0.2, -0.15) is 0 Å². The van der Waals surface area contributed by atoms with E-state index in [1.165, 1.54) is 6.33 Å². The molecule has 0 spiro atoms. The van der Waals surface area contributed by atoms with Crippen LogP contribution in [0.4, 0.5) is 17.5 Å². The number of benzene rings is 1. The number of rotatable bonds is 9. The highest BCUT2D eigenvalue weighted by Crippen LogP contribution is 2.26. The molecule has 0 atom stereocenters. The van der Waals surface area contributed by atoms with Gasteiger partial charge in [-0.05, 0) is 49.2 Å². The number of aromatic nitrogens is 3. The van der Waals surface area contributed by atoms with Crippen LogP contribution in [-0.2, 0) is 10.0 Å². The normalized spacial score (nSPS) is 11.2. The van der Waals surface area contributed by atoms with Gasteiger partial charge in [0.2, 0.25) is 10.0 Å². The van der Waals surface area contributed by atoms with E-state index in [1.54, 1.807) is 38.4 Å². The second-order valence-corrected chi connectivity index (χ2v) is 8.20. The highest BCUT2D eigenvalue weighted by Gasteiger charge is 2.19. The first-order valence-corrected chi connectivity index (χ1v) is 10.8. The molecule has 3 rings (SSSR count). The Hall–Kier alpha value is -3.24. The summed E-state index contributed by atoms with van der Waals surface area (Å²) in [5.41, 5.74) is 1.46. The number of methoxy groups -OCH3 is 1. The van der Waals surface area contributed by atoms with Crippen LogP contribution in [0.25, 0.3) is 0 Å². The minimum absolute atomic E-state index is 0.194. The first-order chi connectivity index (χ1) is 14.4. The molecule has 1 aromatic carbocycles. The molecule has 3 aromatic rings. The van der Waals surface area contributed by atoms with Crippen LogP contribution in [0.15, 0.2) is 53.8 Å². The van der Waals surface area contributed by atoms with Crippen molar-refractivity contribution in [3.63, 3.8) is 0 Å².